The number of hydrogen-bond donors (Lipinski definition) is 1. The third kappa shape index (κ3) is 4.64. The van der Waals surface area contributed by atoms with Crippen molar-refractivity contribution < 1.29 is 9.18 Å². The van der Waals surface area contributed by atoms with E-state index in [0.717, 1.165) is 11.3 Å². The molecule has 0 bridgehead atoms. The zero-order valence-electron chi connectivity index (χ0n) is 13.6. The van der Waals surface area contributed by atoms with Gasteiger partial charge in [0.25, 0.3) is 0 Å². The summed E-state index contributed by atoms with van der Waals surface area (Å²) in [4.78, 5) is 11.8. The SMILES string of the molecule is O=C(C=Cc1ccccc1F)NCCc1cccc(-n2cccn2)c1. The lowest BCUT2D eigenvalue weighted by molar-refractivity contribution is -0.116. The fourth-order valence-electron chi connectivity index (χ4n) is 2.44. The van der Waals surface area contributed by atoms with Crippen LogP contribution in [-0.2, 0) is 11.2 Å². The summed E-state index contributed by atoms with van der Waals surface area (Å²) in [5, 5.41) is 7.01. The molecule has 126 valence electrons. The molecule has 1 aromatic heterocycles. The van der Waals surface area contributed by atoms with Crippen molar-refractivity contribution in [2.24, 2.45) is 0 Å². The lowest BCUT2D eigenvalue weighted by Gasteiger charge is -2.06. The van der Waals surface area contributed by atoms with Crippen molar-refractivity contribution in [1.29, 1.82) is 0 Å². The zero-order chi connectivity index (χ0) is 17.5. The Balaban J connectivity index is 1.52. The molecule has 3 rings (SSSR count). The number of amides is 1. The molecule has 0 saturated heterocycles. The molecule has 1 amide bonds. The van der Waals surface area contributed by atoms with Crippen LogP contribution < -0.4 is 5.32 Å². The first-order valence-electron chi connectivity index (χ1n) is 8.02. The standard InChI is InChI=1S/C20H18FN3O/c21-19-8-2-1-6-17(19)9-10-20(25)22-13-11-16-5-3-7-18(15-16)24-14-4-12-23-24/h1-10,12,14-15H,11,13H2,(H,22,25). The first kappa shape index (κ1) is 16.6. The van der Waals surface area contributed by atoms with E-state index < -0.39 is 0 Å². The van der Waals surface area contributed by atoms with Crippen LogP contribution in [0.3, 0.4) is 0 Å². The van der Waals surface area contributed by atoms with E-state index in [1.807, 2.05) is 36.5 Å². The van der Waals surface area contributed by atoms with Gasteiger partial charge in [0, 0.05) is 30.6 Å². The van der Waals surface area contributed by atoms with E-state index in [1.165, 1.54) is 18.2 Å². The minimum Gasteiger partial charge on any atom is -0.352 e. The summed E-state index contributed by atoms with van der Waals surface area (Å²) in [6.07, 6.45) is 7.14. The van der Waals surface area contributed by atoms with Crippen LogP contribution in [-0.4, -0.2) is 22.2 Å². The first-order valence-corrected chi connectivity index (χ1v) is 8.02. The van der Waals surface area contributed by atoms with Crippen LogP contribution in [0.2, 0.25) is 0 Å². The molecule has 0 radical (unpaired) electrons. The van der Waals surface area contributed by atoms with Gasteiger partial charge in [0.15, 0.2) is 0 Å². The third-order valence-corrected chi connectivity index (χ3v) is 3.71. The Hall–Kier alpha value is -3.21. The number of rotatable bonds is 6. The smallest absolute Gasteiger partial charge is 0.244 e. The molecule has 2 aromatic carbocycles. The average Bonchev–Trinajstić information content (AvgIpc) is 3.16. The normalized spacial score (nSPS) is 10.9. The zero-order valence-corrected chi connectivity index (χ0v) is 13.6. The van der Waals surface area contributed by atoms with Gasteiger partial charge in [-0.25, -0.2) is 9.07 Å². The van der Waals surface area contributed by atoms with Gasteiger partial charge in [0.2, 0.25) is 5.91 Å². The first-order chi connectivity index (χ1) is 12.2. The summed E-state index contributed by atoms with van der Waals surface area (Å²) >= 11 is 0. The van der Waals surface area contributed by atoms with Crippen LogP contribution in [0.4, 0.5) is 4.39 Å². The van der Waals surface area contributed by atoms with Crippen molar-refractivity contribution in [3.8, 4) is 5.69 Å². The summed E-state index contributed by atoms with van der Waals surface area (Å²) < 4.78 is 15.3. The van der Waals surface area contributed by atoms with Gasteiger partial charge in [0.1, 0.15) is 5.82 Å². The molecule has 0 atom stereocenters. The fourth-order valence-corrected chi connectivity index (χ4v) is 2.44. The number of nitrogens with zero attached hydrogens (tertiary/aromatic N) is 2. The molecule has 0 unspecified atom stereocenters. The highest BCUT2D eigenvalue weighted by Crippen LogP contribution is 2.10. The second-order valence-corrected chi connectivity index (χ2v) is 5.52. The summed E-state index contributed by atoms with van der Waals surface area (Å²) in [5.41, 5.74) is 2.48. The molecule has 25 heavy (non-hydrogen) atoms. The van der Waals surface area contributed by atoms with Crippen LogP contribution in [0.15, 0.2) is 73.1 Å². The van der Waals surface area contributed by atoms with Gasteiger partial charge in [-0.05, 0) is 42.3 Å². The Kier molecular flexibility index (Phi) is 5.36. The van der Waals surface area contributed by atoms with Gasteiger partial charge in [-0.3, -0.25) is 4.79 Å². The lowest BCUT2D eigenvalue weighted by Crippen LogP contribution is -2.23. The van der Waals surface area contributed by atoms with E-state index >= 15 is 0 Å². The summed E-state index contributed by atoms with van der Waals surface area (Å²) in [5.74, 6) is -0.589. The maximum atomic E-state index is 13.5. The molecule has 0 aliphatic carbocycles. The monoisotopic (exact) mass is 335 g/mol. The van der Waals surface area contributed by atoms with Crippen molar-refractivity contribution in [3.05, 3.63) is 90.0 Å². The molecule has 0 aliphatic rings. The van der Waals surface area contributed by atoms with E-state index in [2.05, 4.69) is 10.4 Å². The molecule has 5 heteroatoms. The highest BCUT2D eigenvalue weighted by molar-refractivity contribution is 5.91. The van der Waals surface area contributed by atoms with E-state index in [0.29, 0.717) is 18.5 Å². The van der Waals surface area contributed by atoms with Gasteiger partial charge in [-0.1, -0.05) is 30.3 Å². The minimum absolute atomic E-state index is 0.244. The molecule has 0 aliphatic heterocycles. The van der Waals surface area contributed by atoms with Gasteiger partial charge >= 0.3 is 0 Å². The lowest BCUT2D eigenvalue weighted by atomic mass is 10.1. The fraction of sp³-hybridized carbons (Fsp3) is 0.100. The van der Waals surface area contributed by atoms with Crippen LogP contribution in [0.25, 0.3) is 11.8 Å². The summed E-state index contributed by atoms with van der Waals surface area (Å²) in [7, 11) is 0. The molecule has 0 saturated carbocycles. The largest absolute Gasteiger partial charge is 0.352 e. The Labute approximate surface area is 145 Å². The molecule has 4 nitrogen and oxygen atoms in total. The minimum atomic E-state index is -0.345. The van der Waals surface area contributed by atoms with E-state index in [4.69, 9.17) is 0 Å². The Bertz CT molecular complexity index is 872. The number of benzene rings is 2. The maximum Gasteiger partial charge on any atom is 0.244 e. The molecule has 1 N–H and O–H groups in total. The molecule has 3 aromatic rings. The maximum absolute atomic E-state index is 13.5. The number of halogens is 1. The van der Waals surface area contributed by atoms with Crippen molar-refractivity contribution >= 4 is 12.0 Å². The summed E-state index contributed by atoms with van der Waals surface area (Å²) in [6, 6.07) is 16.2. The second-order valence-electron chi connectivity index (χ2n) is 5.52. The van der Waals surface area contributed by atoms with Crippen LogP contribution in [0.5, 0.6) is 0 Å². The number of nitrogens with one attached hydrogen (secondary N) is 1. The highest BCUT2D eigenvalue weighted by atomic mass is 19.1. The predicted octanol–water partition coefficient (Wildman–Crippen LogP) is 3.38. The van der Waals surface area contributed by atoms with Crippen molar-refractivity contribution in [2.45, 2.75) is 6.42 Å². The highest BCUT2D eigenvalue weighted by Gasteiger charge is 2.01. The quantitative estimate of drug-likeness (QED) is 0.702. The van der Waals surface area contributed by atoms with Crippen molar-refractivity contribution in [1.82, 2.24) is 15.1 Å². The molecule has 0 spiro atoms. The Morgan fingerprint density at radius 2 is 2.04 bits per heavy atom. The molecule has 1 heterocycles. The molecular formula is C20H18FN3O. The van der Waals surface area contributed by atoms with Crippen LogP contribution >= 0.6 is 0 Å². The Morgan fingerprint density at radius 3 is 2.84 bits per heavy atom. The van der Waals surface area contributed by atoms with Gasteiger partial charge < -0.3 is 5.32 Å². The van der Waals surface area contributed by atoms with Crippen LogP contribution in [0, 0.1) is 5.82 Å². The van der Waals surface area contributed by atoms with Crippen molar-refractivity contribution in [3.63, 3.8) is 0 Å². The molecule has 0 fully saturated rings. The van der Waals surface area contributed by atoms with Crippen LogP contribution in [0.1, 0.15) is 11.1 Å². The number of aromatic nitrogens is 2. The predicted molar refractivity (Wildman–Crippen MR) is 95.7 cm³/mol. The topological polar surface area (TPSA) is 46.9 Å². The van der Waals surface area contributed by atoms with E-state index in [1.54, 1.807) is 29.1 Å². The van der Waals surface area contributed by atoms with Crippen molar-refractivity contribution in [2.75, 3.05) is 6.54 Å². The summed E-state index contributed by atoms with van der Waals surface area (Å²) in [6.45, 7) is 0.503. The molecular weight excluding hydrogens is 317 g/mol. The number of hydrogen-bond acceptors (Lipinski definition) is 2. The third-order valence-electron chi connectivity index (χ3n) is 3.71. The average molecular weight is 335 g/mol. The number of carbonyl (C=O) groups is 1. The van der Waals surface area contributed by atoms with E-state index in [9.17, 15) is 9.18 Å². The van der Waals surface area contributed by atoms with E-state index in [-0.39, 0.29) is 11.7 Å². The van der Waals surface area contributed by atoms with Gasteiger partial charge in [-0.2, -0.15) is 5.10 Å². The van der Waals surface area contributed by atoms with Gasteiger partial charge in [0.05, 0.1) is 5.69 Å². The number of carbonyl (C=O) groups excluding carboxylic acids is 1. The van der Waals surface area contributed by atoms with Gasteiger partial charge in [-0.15, -0.1) is 0 Å². The second kappa shape index (κ2) is 8.06. The Morgan fingerprint density at radius 1 is 1.16 bits per heavy atom.